The summed E-state index contributed by atoms with van der Waals surface area (Å²) in [5, 5.41) is 24.0. The van der Waals surface area contributed by atoms with Crippen molar-refractivity contribution in [3.63, 3.8) is 0 Å². The molecule has 0 unspecified atom stereocenters. The molecule has 4 rings (SSSR count). The van der Waals surface area contributed by atoms with Gasteiger partial charge in [0.1, 0.15) is 17.3 Å². The number of nitrogens with zero attached hydrogens (tertiary/aromatic N) is 5. The molecule has 1 saturated heterocycles. The van der Waals surface area contributed by atoms with Gasteiger partial charge in [0.2, 0.25) is 16.0 Å². The van der Waals surface area contributed by atoms with E-state index >= 15 is 0 Å². The molecule has 3 heterocycles. The fraction of sp³-hybridized carbons (Fsp3) is 0.600. The number of rotatable bonds is 4. The van der Waals surface area contributed by atoms with Crippen LogP contribution in [-0.4, -0.2) is 63.4 Å². The number of anilines is 1. The molecule has 2 aliphatic rings. The number of nitrogens with one attached hydrogen (secondary N) is 1. The van der Waals surface area contributed by atoms with Crippen LogP contribution in [0.1, 0.15) is 50.6 Å². The number of aliphatic hydroxyl groups is 1. The molecule has 11 heteroatoms. The zero-order valence-corrected chi connectivity index (χ0v) is 18.4. The van der Waals surface area contributed by atoms with Gasteiger partial charge in [-0.05, 0) is 45.1 Å². The highest BCUT2D eigenvalue weighted by Gasteiger charge is 2.40. The number of piperidine rings is 1. The van der Waals surface area contributed by atoms with Crippen LogP contribution in [0.5, 0.6) is 0 Å². The van der Waals surface area contributed by atoms with Crippen molar-refractivity contribution in [3.05, 3.63) is 28.2 Å². The number of aromatic nitrogens is 3. The van der Waals surface area contributed by atoms with E-state index in [0.717, 1.165) is 6.42 Å². The molecule has 166 valence electrons. The van der Waals surface area contributed by atoms with E-state index in [9.17, 15) is 23.6 Å². The van der Waals surface area contributed by atoms with Gasteiger partial charge in [0, 0.05) is 30.7 Å². The van der Waals surface area contributed by atoms with Crippen LogP contribution in [0.3, 0.4) is 0 Å². The maximum Gasteiger partial charge on any atom is 0.270 e. The van der Waals surface area contributed by atoms with Gasteiger partial charge in [0.05, 0.1) is 17.9 Å². The Morgan fingerprint density at radius 2 is 2.03 bits per heavy atom. The van der Waals surface area contributed by atoms with Gasteiger partial charge in [-0.1, -0.05) is 0 Å². The number of sulfonamides is 1. The van der Waals surface area contributed by atoms with Gasteiger partial charge in [0.15, 0.2) is 0 Å². The van der Waals surface area contributed by atoms with Crippen LogP contribution in [0.15, 0.2) is 17.1 Å². The average molecular weight is 447 g/mol. The molecule has 1 saturated carbocycles. The summed E-state index contributed by atoms with van der Waals surface area (Å²) < 4.78 is 26.3. The Balaban J connectivity index is 1.68. The lowest BCUT2D eigenvalue weighted by molar-refractivity contribution is 0.0266. The Morgan fingerprint density at radius 1 is 1.32 bits per heavy atom. The SMILES string of the molecule is C[C@@]1(O)CCC[C@H]1n1c(=O)c(C#N)cc2cnc(NC3CCN(S(C)(=O)=O)CC3)nc21. The van der Waals surface area contributed by atoms with E-state index in [-0.39, 0.29) is 11.6 Å². The minimum Gasteiger partial charge on any atom is -0.388 e. The molecule has 2 aromatic rings. The van der Waals surface area contributed by atoms with Crippen LogP contribution in [0.25, 0.3) is 11.0 Å². The molecule has 2 N–H and O–H groups in total. The highest BCUT2D eigenvalue weighted by atomic mass is 32.2. The van der Waals surface area contributed by atoms with Crippen molar-refractivity contribution in [1.82, 2.24) is 18.8 Å². The van der Waals surface area contributed by atoms with Gasteiger partial charge in [-0.3, -0.25) is 9.36 Å². The van der Waals surface area contributed by atoms with Crippen molar-refractivity contribution in [2.45, 2.75) is 56.7 Å². The zero-order valence-electron chi connectivity index (χ0n) is 17.6. The van der Waals surface area contributed by atoms with Crippen LogP contribution in [0.2, 0.25) is 0 Å². The molecule has 1 aliphatic heterocycles. The minimum absolute atomic E-state index is 0.00333. The second-order valence-corrected chi connectivity index (χ2v) is 10.6. The molecular formula is C20H26N6O4S. The van der Waals surface area contributed by atoms with E-state index in [1.54, 1.807) is 13.1 Å². The number of fused-ring (bicyclic) bond motifs is 1. The Hall–Kier alpha value is -2.55. The van der Waals surface area contributed by atoms with Crippen LogP contribution < -0.4 is 10.9 Å². The van der Waals surface area contributed by atoms with E-state index < -0.39 is 27.2 Å². The Morgan fingerprint density at radius 3 is 2.61 bits per heavy atom. The van der Waals surface area contributed by atoms with Crippen molar-refractivity contribution >= 4 is 27.0 Å². The summed E-state index contributed by atoms with van der Waals surface area (Å²) in [6.45, 7) is 2.55. The molecule has 31 heavy (non-hydrogen) atoms. The van der Waals surface area contributed by atoms with Crippen molar-refractivity contribution in [2.75, 3.05) is 24.7 Å². The lowest BCUT2D eigenvalue weighted by Gasteiger charge is -2.31. The molecule has 2 fully saturated rings. The van der Waals surface area contributed by atoms with Gasteiger partial charge in [0.25, 0.3) is 5.56 Å². The van der Waals surface area contributed by atoms with Gasteiger partial charge in [-0.25, -0.2) is 17.7 Å². The standard InChI is InChI=1S/C20H26N6O4S/c1-20(28)7-3-4-16(20)26-17-14(10-13(11-21)18(26)27)12-22-19(24-17)23-15-5-8-25(9-6-15)31(2,29)30/h10,12,15-16,28H,3-9H2,1-2H3,(H,22,23,24)/t16-,20-/m1/s1. The van der Waals surface area contributed by atoms with Crippen molar-refractivity contribution in [2.24, 2.45) is 0 Å². The van der Waals surface area contributed by atoms with Gasteiger partial charge >= 0.3 is 0 Å². The Kier molecular flexibility index (Phi) is 5.49. The smallest absolute Gasteiger partial charge is 0.270 e. The summed E-state index contributed by atoms with van der Waals surface area (Å²) in [5.74, 6) is 0.334. The fourth-order valence-electron chi connectivity index (χ4n) is 4.61. The monoisotopic (exact) mass is 446 g/mol. The summed E-state index contributed by atoms with van der Waals surface area (Å²) in [6, 6.07) is 2.94. The summed E-state index contributed by atoms with van der Waals surface area (Å²) in [7, 11) is -3.20. The molecular weight excluding hydrogens is 420 g/mol. The maximum atomic E-state index is 13.0. The Bertz CT molecular complexity index is 1210. The van der Waals surface area contributed by atoms with Crippen molar-refractivity contribution in [3.8, 4) is 6.07 Å². The molecule has 0 spiro atoms. The first-order valence-corrected chi connectivity index (χ1v) is 12.2. The first-order chi connectivity index (χ1) is 14.6. The predicted octanol–water partition coefficient (Wildman–Crippen LogP) is 0.975. The molecule has 2 aromatic heterocycles. The largest absolute Gasteiger partial charge is 0.388 e. The van der Waals surface area contributed by atoms with E-state index in [4.69, 9.17) is 0 Å². The third-order valence-corrected chi connectivity index (χ3v) is 7.64. The van der Waals surface area contributed by atoms with Crippen molar-refractivity contribution in [1.29, 1.82) is 5.26 Å². The lowest BCUT2D eigenvalue weighted by atomic mass is 9.99. The predicted molar refractivity (Wildman–Crippen MR) is 115 cm³/mol. The highest BCUT2D eigenvalue weighted by Crippen LogP contribution is 2.39. The van der Waals surface area contributed by atoms with Crippen molar-refractivity contribution < 1.29 is 13.5 Å². The minimum atomic E-state index is -3.20. The van der Waals surface area contributed by atoms with Crippen LogP contribution in [0.4, 0.5) is 5.95 Å². The van der Waals surface area contributed by atoms with E-state index in [0.29, 0.717) is 55.8 Å². The van der Waals surface area contributed by atoms with E-state index in [2.05, 4.69) is 15.3 Å². The number of hydrogen-bond acceptors (Lipinski definition) is 8. The molecule has 10 nitrogen and oxygen atoms in total. The summed E-state index contributed by atoms with van der Waals surface area (Å²) in [4.78, 5) is 21.9. The molecule has 0 bridgehead atoms. The van der Waals surface area contributed by atoms with Crippen LogP contribution in [0, 0.1) is 11.3 Å². The zero-order chi connectivity index (χ0) is 22.4. The number of hydrogen-bond donors (Lipinski definition) is 2. The summed E-state index contributed by atoms with van der Waals surface area (Å²) in [6.07, 6.45) is 5.97. The second kappa shape index (κ2) is 7.85. The van der Waals surface area contributed by atoms with E-state index in [1.165, 1.54) is 21.2 Å². The third kappa shape index (κ3) is 4.15. The fourth-order valence-corrected chi connectivity index (χ4v) is 5.49. The van der Waals surface area contributed by atoms with Crippen LogP contribution in [-0.2, 0) is 10.0 Å². The first kappa shape index (κ1) is 21.7. The second-order valence-electron chi connectivity index (χ2n) is 8.66. The normalized spacial score (nSPS) is 25.5. The third-order valence-electron chi connectivity index (χ3n) is 6.34. The maximum absolute atomic E-state index is 13.0. The molecule has 1 aliphatic carbocycles. The number of nitriles is 1. The van der Waals surface area contributed by atoms with Gasteiger partial charge in [-0.2, -0.15) is 10.2 Å². The molecule has 0 aromatic carbocycles. The first-order valence-electron chi connectivity index (χ1n) is 10.4. The van der Waals surface area contributed by atoms with Gasteiger partial charge < -0.3 is 10.4 Å². The molecule has 0 amide bonds. The summed E-state index contributed by atoms with van der Waals surface area (Å²) in [5.41, 5.74) is -1.16. The number of pyridine rings is 1. The molecule has 2 atom stereocenters. The lowest BCUT2D eigenvalue weighted by Crippen LogP contribution is -2.42. The average Bonchev–Trinajstić information content (AvgIpc) is 3.06. The topological polar surface area (TPSA) is 141 Å². The van der Waals surface area contributed by atoms with E-state index in [1.807, 2.05) is 6.07 Å². The van der Waals surface area contributed by atoms with Crippen LogP contribution >= 0.6 is 0 Å². The Labute approximate surface area is 180 Å². The molecule has 0 radical (unpaired) electrons. The summed E-state index contributed by atoms with van der Waals surface area (Å²) >= 11 is 0. The van der Waals surface area contributed by atoms with Gasteiger partial charge in [-0.15, -0.1) is 0 Å². The quantitative estimate of drug-likeness (QED) is 0.708. The highest BCUT2D eigenvalue weighted by molar-refractivity contribution is 7.88.